The zero-order valence-electron chi connectivity index (χ0n) is 32.2. The number of nitrogens with one attached hydrogen (secondary N) is 8. The van der Waals surface area contributed by atoms with Crippen molar-refractivity contribution in [2.45, 2.75) is 155 Å². The van der Waals surface area contributed by atoms with Crippen molar-refractivity contribution in [3.05, 3.63) is 0 Å². The molecule has 0 radical (unpaired) electrons. The van der Waals surface area contributed by atoms with Crippen molar-refractivity contribution in [2.75, 3.05) is 13.7 Å². The van der Waals surface area contributed by atoms with Gasteiger partial charge in [0.25, 0.3) is 0 Å². The number of rotatable bonds is 15. The van der Waals surface area contributed by atoms with Crippen molar-refractivity contribution < 1.29 is 38.7 Å². The van der Waals surface area contributed by atoms with E-state index in [-0.39, 0.29) is 30.1 Å². The summed E-state index contributed by atoms with van der Waals surface area (Å²) in [4.78, 5) is 94.5. The smallest absolute Gasteiger partial charge is 0.245 e. The van der Waals surface area contributed by atoms with Gasteiger partial charge in [0.1, 0.15) is 36.3 Å². The Morgan fingerprint density at radius 2 is 1.35 bits per heavy atom. The van der Waals surface area contributed by atoms with Crippen molar-refractivity contribution >= 4 is 41.4 Å². The van der Waals surface area contributed by atoms with Crippen molar-refractivity contribution in [2.24, 2.45) is 17.8 Å². The Labute approximate surface area is 308 Å². The van der Waals surface area contributed by atoms with Crippen molar-refractivity contribution in [1.29, 1.82) is 0 Å². The summed E-state index contributed by atoms with van der Waals surface area (Å²) in [5, 5.41) is 31.9. The lowest BCUT2D eigenvalue weighted by molar-refractivity contribution is -0.136. The van der Waals surface area contributed by atoms with Crippen LogP contribution in [0.3, 0.4) is 0 Å². The number of hydrogen-bond acceptors (Lipinski definition) is 9. The monoisotopic (exact) mass is 736 g/mol. The minimum Gasteiger partial charge on any atom is -0.394 e. The van der Waals surface area contributed by atoms with Gasteiger partial charge in [-0.2, -0.15) is 0 Å². The van der Waals surface area contributed by atoms with Gasteiger partial charge in [-0.1, -0.05) is 73.1 Å². The number of carbonyl (C=O) groups is 7. The normalized spacial score (nSPS) is 26.6. The molecule has 1 aliphatic heterocycles. The molecule has 2 fully saturated rings. The molecule has 1 heterocycles. The number of likely N-dealkylation sites (N-methyl/N-ethyl adjacent to an activating group) is 1. The van der Waals surface area contributed by atoms with Crippen LogP contribution >= 0.6 is 0 Å². The van der Waals surface area contributed by atoms with E-state index in [0.29, 0.717) is 12.8 Å². The number of hydrogen-bond donors (Lipinski definition) is 9. The first kappa shape index (κ1) is 44.4. The average Bonchev–Trinajstić information content (AvgIpc) is 3.13. The minimum atomic E-state index is -1.53. The number of aliphatic hydroxyl groups excluding tert-OH is 1. The molecule has 1 saturated heterocycles. The van der Waals surface area contributed by atoms with Gasteiger partial charge in [-0.05, 0) is 57.9 Å². The lowest BCUT2D eigenvalue weighted by Crippen LogP contribution is -2.64. The van der Waals surface area contributed by atoms with Gasteiger partial charge >= 0.3 is 0 Å². The van der Waals surface area contributed by atoms with E-state index in [1.54, 1.807) is 14.0 Å². The lowest BCUT2D eigenvalue weighted by Gasteiger charge is -2.32. The molecule has 16 heteroatoms. The van der Waals surface area contributed by atoms with Crippen LogP contribution in [0.2, 0.25) is 0 Å². The van der Waals surface area contributed by atoms with Gasteiger partial charge in [-0.15, -0.1) is 0 Å². The molecule has 0 spiro atoms. The fraction of sp³-hybridized carbons (Fsp3) is 0.806. The highest BCUT2D eigenvalue weighted by atomic mass is 16.3. The third-order valence-corrected chi connectivity index (χ3v) is 10.5. The van der Waals surface area contributed by atoms with Gasteiger partial charge in [0.15, 0.2) is 0 Å². The Morgan fingerprint density at radius 3 is 1.90 bits per heavy atom. The maximum Gasteiger partial charge on any atom is 0.245 e. The van der Waals surface area contributed by atoms with Crippen LogP contribution in [-0.4, -0.2) is 108 Å². The highest BCUT2D eigenvalue weighted by molar-refractivity contribution is 5.98. The van der Waals surface area contributed by atoms with Crippen LogP contribution in [0, 0.1) is 17.8 Å². The van der Waals surface area contributed by atoms with Gasteiger partial charge in [0, 0.05) is 0 Å². The van der Waals surface area contributed by atoms with Crippen LogP contribution in [-0.2, 0) is 33.6 Å². The van der Waals surface area contributed by atoms with Crippen LogP contribution in [0.5, 0.6) is 0 Å². The van der Waals surface area contributed by atoms with E-state index in [0.717, 1.165) is 38.5 Å². The molecule has 1 aliphatic carbocycles. The standard InChI is InChI=1S/C36H64N8O8/c1-9-15-24-31(47)38-21(6)28(35(51)39-22(7)30(46)44-29(36(52)40-24)23-16-13-12-14-17-23)43-32(48)25(18-45)41-34(50)27(20(5)11-3)42-33(49)26(37-8)19(4)10-2/h19-29,37,45H,9-18H2,1-8H3,(H,38,47)(H,39,51)(H,40,52)(H,41,50)(H,42,49)(H,43,48)(H,44,46). The summed E-state index contributed by atoms with van der Waals surface area (Å²) >= 11 is 0. The van der Waals surface area contributed by atoms with Gasteiger partial charge in [-0.3, -0.25) is 33.6 Å². The average molecular weight is 737 g/mol. The molecule has 0 bridgehead atoms. The predicted octanol–water partition coefficient (Wildman–Crippen LogP) is -0.514. The van der Waals surface area contributed by atoms with E-state index >= 15 is 0 Å². The van der Waals surface area contributed by atoms with Gasteiger partial charge in [-0.25, -0.2) is 0 Å². The first-order chi connectivity index (χ1) is 24.6. The zero-order chi connectivity index (χ0) is 39.1. The molecule has 1 saturated carbocycles. The maximum atomic E-state index is 13.7. The molecule has 2 rings (SSSR count). The summed E-state index contributed by atoms with van der Waals surface area (Å²) in [7, 11) is 1.66. The molecule has 0 aromatic rings. The lowest BCUT2D eigenvalue weighted by atomic mass is 9.83. The van der Waals surface area contributed by atoms with Crippen LogP contribution < -0.4 is 42.5 Å². The predicted molar refractivity (Wildman–Crippen MR) is 195 cm³/mol. The summed E-state index contributed by atoms with van der Waals surface area (Å²) in [6.07, 6.45) is 6.39. The molecule has 296 valence electrons. The van der Waals surface area contributed by atoms with Gasteiger partial charge in [0.05, 0.1) is 18.7 Å². The Balaban J connectivity index is 2.34. The molecular weight excluding hydrogens is 672 g/mol. The Morgan fingerprint density at radius 1 is 0.750 bits per heavy atom. The molecule has 16 nitrogen and oxygen atoms in total. The molecule has 9 N–H and O–H groups in total. The molecule has 0 aromatic heterocycles. The minimum absolute atomic E-state index is 0.0220. The molecular formula is C36H64N8O8. The first-order valence-corrected chi connectivity index (χ1v) is 19.0. The van der Waals surface area contributed by atoms with Gasteiger partial charge in [0.2, 0.25) is 41.4 Å². The highest BCUT2D eigenvalue weighted by Crippen LogP contribution is 2.27. The number of carbonyl (C=O) groups excluding carboxylic acids is 7. The molecule has 52 heavy (non-hydrogen) atoms. The number of aliphatic hydroxyl groups is 1. The van der Waals surface area contributed by atoms with Crippen molar-refractivity contribution in [3.8, 4) is 0 Å². The fourth-order valence-corrected chi connectivity index (χ4v) is 6.72. The quantitative estimate of drug-likeness (QED) is 0.105. The van der Waals surface area contributed by atoms with Crippen LogP contribution in [0.1, 0.15) is 106 Å². The van der Waals surface area contributed by atoms with E-state index in [2.05, 4.69) is 42.5 Å². The SMILES string of the molecule is CCCC1NC(=O)C(C2CCCCC2)NC(=O)C(C)NC(=O)C(NC(=O)C(CO)NC(=O)C(NC(=O)C(NC)C(C)CC)C(C)CC)C(C)NC1=O. The second-order valence-corrected chi connectivity index (χ2v) is 14.5. The molecule has 0 aromatic carbocycles. The third-order valence-electron chi connectivity index (χ3n) is 10.5. The summed E-state index contributed by atoms with van der Waals surface area (Å²) in [5.74, 6) is -4.96. The topological polar surface area (TPSA) is 236 Å². The summed E-state index contributed by atoms with van der Waals surface area (Å²) in [6, 6.07) is -8.63. The Kier molecular flexibility index (Phi) is 18.5. The molecule has 10 atom stereocenters. The van der Waals surface area contributed by atoms with E-state index in [9.17, 15) is 38.7 Å². The second kappa shape index (κ2) is 21.7. The second-order valence-electron chi connectivity index (χ2n) is 14.5. The molecule has 7 amide bonds. The first-order valence-electron chi connectivity index (χ1n) is 19.0. The summed E-state index contributed by atoms with van der Waals surface area (Å²) in [5.41, 5.74) is 0. The zero-order valence-corrected chi connectivity index (χ0v) is 32.2. The van der Waals surface area contributed by atoms with Crippen LogP contribution in [0.4, 0.5) is 0 Å². The molecule has 2 aliphatic rings. The largest absolute Gasteiger partial charge is 0.394 e. The maximum absolute atomic E-state index is 13.7. The van der Waals surface area contributed by atoms with E-state index in [1.807, 2.05) is 27.7 Å². The summed E-state index contributed by atoms with van der Waals surface area (Å²) in [6.45, 7) is 11.4. The fourth-order valence-electron chi connectivity index (χ4n) is 6.72. The van der Waals surface area contributed by atoms with Crippen LogP contribution in [0.25, 0.3) is 0 Å². The Bertz CT molecular complexity index is 1240. The Hall–Kier alpha value is -3.79. The number of amides is 7. The van der Waals surface area contributed by atoms with Crippen molar-refractivity contribution in [3.63, 3.8) is 0 Å². The van der Waals surface area contributed by atoms with Gasteiger partial charge < -0.3 is 47.6 Å². The highest BCUT2D eigenvalue weighted by Gasteiger charge is 2.39. The van der Waals surface area contributed by atoms with Crippen molar-refractivity contribution in [1.82, 2.24) is 42.5 Å². The van der Waals surface area contributed by atoms with E-state index in [1.165, 1.54) is 13.8 Å². The molecule has 10 unspecified atom stereocenters. The summed E-state index contributed by atoms with van der Waals surface area (Å²) < 4.78 is 0. The van der Waals surface area contributed by atoms with E-state index in [4.69, 9.17) is 0 Å². The van der Waals surface area contributed by atoms with E-state index < -0.39 is 90.4 Å². The van der Waals surface area contributed by atoms with Crippen LogP contribution in [0.15, 0.2) is 0 Å². The third kappa shape index (κ3) is 12.4.